The number of aliphatic hydroxyl groups is 1. The van der Waals surface area contributed by atoms with Gasteiger partial charge >= 0.3 is 0 Å². The van der Waals surface area contributed by atoms with Crippen molar-refractivity contribution in [3.63, 3.8) is 0 Å². The highest BCUT2D eigenvalue weighted by Gasteiger charge is 2.21. The number of hydrogen-bond acceptors (Lipinski definition) is 2. The average molecular weight is 372 g/mol. The Kier molecular flexibility index (Phi) is 4.20. The molecule has 110 valence electrons. The Bertz CT molecular complexity index is 690. The molecule has 2 aromatic rings. The van der Waals surface area contributed by atoms with Crippen molar-refractivity contribution in [1.82, 2.24) is 0 Å². The van der Waals surface area contributed by atoms with Gasteiger partial charge in [-0.2, -0.15) is 0 Å². The highest BCUT2D eigenvalue weighted by molar-refractivity contribution is 9.10. The third-order valence-corrected chi connectivity index (χ3v) is 4.44. The summed E-state index contributed by atoms with van der Waals surface area (Å²) in [6.07, 6.45) is 0.305. The van der Waals surface area contributed by atoms with Gasteiger partial charge in [-0.1, -0.05) is 39.7 Å². The van der Waals surface area contributed by atoms with E-state index in [0.717, 1.165) is 27.8 Å². The largest absolute Gasteiger partial charge is 0.493 e. The maximum atomic E-state index is 13.5. The Morgan fingerprint density at radius 1 is 1.38 bits per heavy atom. The highest BCUT2D eigenvalue weighted by atomic mass is 79.9. The van der Waals surface area contributed by atoms with Gasteiger partial charge in [0.05, 0.1) is 17.7 Å². The molecule has 1 aliphatic heterocycles. The van der Waals surface area contributed by atoms with Crippen molar-refractivity contribution in [3.8, 4) is 5.75 Å². The van der Waals surface area contributed by atoms with Crippen molar-refractivity contribution >= 4 is 27.5 Å². The van der Waals surface area contributed by atoms with E-state index in [1.165, 1.54) is 6.07 Å². The van der Waals surface area contributed by atoms with E-state index < -0.39 is 11.9 Å². The molecule has 21 heavy (non-hydrogen) atoms. The van der Waals surface area contributed by atoms with E-state index in [1.54, 1.807) is 12.1 Å². The molecular formula is C16H13BrClFO2. The minimum atomic E-state index is -0.879. The molecule has 0 amide bonds. The van der Waals surface area contributed by atoms with Gasteiger partial charge < -0.3 is 9.84 Å². The first-order chi connectivity index (χ1) is 10.1. The second kappa shape index (κ2) is 5.95. The molecule has 2 aromatic carbocycles. The van der Waals surface area contributed by atoms with Gasteiger partial charge in [0.2, 0.25) is 0 Å². The Balaban J connectivity index is 1.92. The van der Waals surface area contributed by atoms with Crippen LogP contribution in [0.25, 0.3) is 0 Å². The summed E-state index contributed by atoms with van der Waals surface area (Å²) in [4.78, 5) is 0. The van der Waals surface area contributed by atoms with Crippen LogP contribution >= 0.6 is 27.5 Å². The van der Waals surface area contributed by atoms with Crippen LogP contribution in [0.15, 0.2) is 34.8 Å². The molecule has 0 fully saturated rings. The number of halogens is 3. The number of benzene rings is 2. The maximum Gasteiger partial charge on any atom is 0.142 e. The van der Waals surface area contributed by atoms with Crippen LogP contribution in [0.4, 0.5) is 4.39 Å². The SMILES string of the molecule is OC(Cc1cc(Br)cc2c1OCC2)c1cccc(F)c1Cl. The van der Waals surface area contributed by atoms with Crippen LogP contribution in [0.5, 0.6) is 5.75 Å². The van der Waals surface area contributed by atoms with Gasteiger partial charge in [-0.3, -0.25) is 0 Å². The predicted molar refractivity (Wildman–Crippen MR) is 83.4 cm³/mol. The quantitative estimate of drug-likeness (QED) is 0.863. The Morgan fingerprint density at radius 2 is 2.19 bits per heavy atom. The molecule has 2 nitrogen and oxygen atoms in total. The van der Waals surface area contributed by atoms with Crippen molar-refractivity contribution in [3.05, 3.63) is 62.3 Å². The summed E-state index contributed by atoms with van der Waals surface area (Å²) in [7, 11) is 0. The summed E-state index contributed by atoms with van der Waals surface area (Å²) < 4.78 is 20.1. The standard InChI is InChI=1S/C16H13BrClFO2/c17-11-6-9-4-5-21-16(9)10(7-11)8-14(20)12-2-1-3-13(19)15(12)18/h1-3,6-7,14,20H,4-5,8H2. The predicted octanol–water partition coefficient (Wildman–Crippen LogP) is 4.45. The van der Waals surface area contributed by atoms with E-state index in [2.05, 4.69) is 15.9 Å². The molecule has 1 unspecified atom stereocenters. The molecule has 1 N–H and O–H groups in total. The number of hydrogen-bond donors (Lipinski definition) is 1. The van der Waals surface area contributed by atoms with Gasteiger partial charge in [0, 0.05) is 22.9 Å². The van der Waals surface area contributed by atoms with E-state index >= 15 is 0 Å². The fourth-order valence-electron chi connectivity index (χ4n) is 2.59. The zero-order valence-corrected chi connectivity index (χ0v) is 13.4. The van der Waals surface area contributed by atoms with Crippen LogP contribution in [0.2, 0.25) is 5.02 Å². The van der Waals surface area contributed by atoms with Gasteiger partial charge in [-0.05, 0) is 29.3 Å². The van der Waals surface area contributed by atoms with Crippen LogP contribution in [-0.4, -0.2) is 11.7 Å². The molecule has 0 saturated heterocycles. The maximum absolute atomic E-state index is 13.5. The van der Waals surface area contributed by atoms with Gasteiger partial charge in [0.25, 0.3) is 0 Å². The lowest BCUT2D eigenvalue weighted by molar-refractivity contribution is 0.176. The van der Waals surface area contributed by atoms with Crippen LogP contribution in [-0.2, 0) is 12.8 Å². The molecular weight excluding hydrogens is 359 g/mol. The fraction of sp³-hybridized carbons (Fsp3) is 0.250. The van der Waals surface area contributed by atoms with E-state index in [1.807, 2.05) is 12.1 Å². The van der Waals surface area contributed by atoms with Gasteiger partial charge in [-0.15, -0.1) is 0 Å². The lowest BCUT2D eigenvalue weighted by Gasteiger charge is -2.15. The molecule has 0 spiro atoms. The van der Waals surface area contributed by atoms with Crippen LogP contribution < -0.4 is 4.74 Å². The molecule has 3 rings (SSSR count). The molecule has 0 bridgehead atoms. The first-order valence-corrected chi connectivity index (χ1v) is 7.79. The number of aliphatic hydroxyl groups excluding tert-OH is 1. The Hall–Kier alpha value is -1.10. The summed E-state index contributed by atoms with van der Waals surface area (Å²) in [6, 6.07) is 8.39. The molecule has 5 heteroatoms. The zero-order valence-electron chi connectivity index (χ0n) is 11.1. The molecule has 0 radical (unpaired) electrons. The third-order valence-electron chi connectivity index (χ3n) is 3.58. The number of rotatable bonds is 3. The van der Waals surface area contributed by atoms with Crippen LogP contribution in [0, 0.1) is 5.82 Å². The minimum Gasteiger partial charge on any atom is -0.493 e. The lowest BCUT2D eigenvalue weighted by Crippen LogP contribution is -2.05. The highest BCUT2D eigenvalue weighted by Crippen LogP contribution is 2.36. The molecule has 0 aromatic heterocycles. The van der Waals surface area contributed by atoms with Gasteiger partial charge in [0.1, 0.15) is 11.6 Å². The van der Waals surface area contributed by atoms with Crippen molar-refractivity contribution in [1.29, 1.82) is 0 Å². The molecule has 1 heterocycles. The minimum absolute atomic E-state index is 0.0300. The summed E-state index contributed by atoms with van der Waals surface area (Å²) in [5.74, 6) is 0.300. The van der Waals surface area contributed by atoms with E-state index in [0.29, 0.717) is 18.6 Å². The lowest BCUT2D eigenvalue weighted by atomic mass is 9.98. The van der Waals surface area contributed by atoms with Crippen molar-refractivity contribution in [2.45, 2.75) is 18.9 Å². The summed E-state index contributed by atoms with van der Waals surface area (Å²) in [5.41, 5.74) is 2.41. The third kappa shape index (κ3) is 2.93. The van der Waals surface area contributed by atoms with E-state index in [9.17, 15) is 9.50 Å². The zero-order chi connectivity index (χ0) is 15.0. The van der Waals surface area contributed by atoms with E-state index in [-0.39, 0.29) is 5.02 Å². The topological polar surface area (TPSA) is 29.5 Å². The summed E-state index contributed by atoms with van der Waals surface area (Å²) >= 11 is 9.39. The Morgan fingerprint density at radius 3 is 3.00 bits per heavy atom. The van der Waals surface area contributed by atoms with Crippen LogP contribution in [0.1, 0.15) is 22.8 Å². The smallest absolute Gasteiger partial charge is 0.142 e. The second-order valence-corrected chi connectivity index (χ2v) is 6.31. The van der Waals surface area contributed by atoms with Crippen molar-refractivity contribution < 1.29 is 14.2 Å². The fourth-order valence-corrected chi connectivity index (χ4v) is 3.40. The van der Waals surface area contributed by atoms with Crippen LogP contribution in [0.3, 0.4) is 0 Å². The van der Waals surface area contributed by atoms with E-state index in [4.69, 9.17) is 16.3 Å². The normalized spacial score (nSPS) is 14.7. The number of fused-ring (bicyclic) bond motifs is 1. The molecule has 0 aliphatic carbocycles. The van der Waals surface area contributed by atoms with Crippen molar-refractivity contribution in [2.75, 3.05) is 6.61 Å². The number of ether oxygens (including phenoxy) is 1. The van der Waals surface area contributed by atoms with Crippen molar-refractivity contribution in [2.24, 2.45) is 0 Å². The van der Waals surface area contributed by atoms with Gasteiger partial charge in [-0.25, -0.2) is 4.39 Å². The first-order valence-electron chi connectivity index (χ1n) is 6.62. The second-order valence-electron chi connectivity index (χ2n) is 5.01. The first kappa shape index (κ1) is 14.8. The summed E-state index contributed by atoms with van der Waals surface area (Å²) in [6.45, 7) is 0.648. The van der Waals surface area contributed by atoms with Gasteiger partial charge in [0.15, 0.2) is 0 Å². The molecule has 1 aliphatic rings. The average Bonchev–Trinajstić information content (AvgIpc) is 2.90. The summed E-state index contributed by atoms with van der Waals surface area (Å²) in [5, 5.41) is 10.3. The molecule has 1 atom stereocenters. The Labute approximate surface area is 135 Å². The molecule has 0 saturated carbocycles. The monoisotopic (exact) mass is 370 g/mol.